The van der Waals surface area contributed by atoms with E-state index in [0.717, 1.165) is 44.0 Å². The van der Waals surface area contributed by atoms with Crippen LogP contribution in [0.5, 0.6) is 5.75 Å². The number of rotatable bonds is 4. The average molecular weight is 317 g/mol. The largest absolute Gasteiger partial charge is 0.508 e. The third kappa shape index (κ3) is 3.66. The molecule has 3 rings (SSSR count). The van der Waals surface area contributed by atoms with Crippen LogP contribution in [0.3, 0.4) is 0 Å². The molecule has 2 aromatic rings. The number of hydrogen-bond acceptors (Lipinski definition) is 5. The second kappa shape index (κ2) is 6.77. The Bertz CT molecular complexity index is 601. The Morgan fingerprint density at radius 2 is 1.82 bits per heavy atom. The summed E-state index contributed by atoms with van der Waals surface area (Å²) < 4.78 is 0. The third-order valence-electron chi connectivity index (χ3n) is 4.21. The lowest BCUT2D eigenvalue weighted by atomic mass is 10.2. The number of thiazole rings is 1. The van der Waals surface area contributed by atoms with E-state index in [2.05, 4.69) is 29.0 Å². The fourth-order valence-corrected chi connectivity index (χ4v) is 3.62. The number of nitrogens with zero attached hydrogens (tertiary/aromatic N) is 3. The zero-order valence-corrected chi connectivity index (χ0v) is 14.0. The molecule has 0 radical (unpaired) electrons. The molecule has 22 heavy (non-hydrogen) atoms. The van der Waals surface area contributed by atoms with Crippen molar-refractivity contribution in [1.29, 1.82) is 0 Å². The zero-order valence-electron chi connectivity index (χ0n) is 13.2. The van der Waals surface area contributed by atoms with Crippen LogP contribution in [0.4, 0.5) is 0 Å². The van der Waals surface area contributed by atoms with Crippen LogP contribution < -0.4 is 0 Å². The number of hydrogen-bond donors (Lipinski definition) is 1. The molecule has 1 aromatic heterocycles. The molecule has 2 heterocycles. The molecular formula is C17H23N3OS. The molecule has 0 amide bonds. The Balaban J connectivity index is 1.59. The zero-order chi connectivity index (χ0) is 15.5. The van der Waals surface area contributed by atoms with E-state index in [1.165, 1.54) is 5.01 Å². The Labute approximate surface area is 136 Å². The van der Waals surface area contributed by atoms with E-state index in [1.807, 2.05) is 12.1 Å². The van der Waals surface area contributed by atoms with Crippen molar-refractivity contribution in [2.45, 2.75) is 26.4 Å². The van der Waals surface area contributed by atoms with Gasteiger partial charge in [-0.2, -0.15) is 0 Å². The molecule has 4 nitrogen and oxygen atoms in total. The van der Waals surface area contributed by atoms with Crippen molar-refractivity contribution >= 4 is 11.3 Å². The van der Waals surface area contributed by atoms with Crippen molar-refractivity contribution in [1.82, 2.24) is 14.8 Å². The highest BCUT2D eigenvalue weighted by Gasteiger charge is 2.19. The lowest BCUT2D eigenvalue weighted by Gasteiger charge is -2.36. The first kappa shape index (κ1) is 15.5. The van der Waals surface area contributed by atoms with Crippen LogP contribution in [0.15, 0.2) is 29.6 Å². The van der Waals surface area contributed by atoms with Gasteiger partial charge in [-0.3, -0.25) is 9.80 Å². The molecule has 1 aliphatic heterocycles. The van der Waals surface area contributed by atoms with Crippen molar-refractivity contribution < 1.29 is 5.11 Å². The minimum absolute atomic E-state index is 0.294. The Morgan fingerprint density at radius 1 is 1.14 bits per heavy atom. The highest BCUT2D eigenvalue weighted by Crippen LogP contribution is 2.24. The van der Waals surface area contributed by atoms with Crippen molar-refractivity contribution in [3.05, 3.63) is 34.7 Å². The fourth-order valence-electron chi connectivity index (χ4n) is 2.78. The van der Waals surface area contributed by atoms with Gasteiger partial charge in [-0.1, -0.05) is 0 Å². The second-order valence-corrected chi connectivity index (χ2v) is 7.02. The summed E-state index contributed by atoms with van der Waals surface area (Å²) in [6, 6.07) is 7.88. The molecule has 0 spiro atoms. The van der Waals surface area contributed by atoms with Crippen molar-refractivity contribution in [3.8, 4) is 17.0 Å². The van der Waals surface area contributed by atoms with E-state index < -0.39 is 0 Å². The maximum Gasteiger partial charge on any atom is 0.115 e. The van der Waals surface area contributed by atoms with Gasteiger partial charge in [-0.05, 0) is 38.1 Å². The first-order valence-corrected chi connectivity index (χ1v) is 8.70. The average Bonchev–Trinajstić information content (AvgIpc) is 2.97. The van der Waals surface area contributed by atoms with Crippen LogP contribution >= 0.6 is 11.3 Å². The van der Waals surface area contributed by atoms with Crippen molar-refractivity contribution in [3.63, 3.8) is 0 Å². The Kier molecular flexibility index (Phi) is 4.76. The summed E-state index contributed by atoms with van der Waals surface area (Å²) in [5.41, 5.74) is 2.06. The van der Waals surface area contributed by atoms with Gasteiger partial charge in [0.1, 0.15) is 10.8 Å². The van der Waals surface area contributed by atoms with E-state index >= 15 is 0 Å². The summed E-state index contributed by atoms with van der Waals surface area (Å²) in [5.74, 6) is 0.294. The van der Waals surface area contributed by atoms with Crippen LogP contribution in [0.2, 0.25) is 0 Å². The Hall–Kier alpha value is -1.43. The first-order valence-electron chi connectivity index (χ1n) is 7.82. The third-order valence-corrected chi connectivity index (χ3v) is 5.04. The molecule has 0 bridgehead atoms. The number of phenolic OH excluding ortho intramolecular Hbond substituents is 1. The summed E-state index contributed by atoms with van der Waals surface area (Å²) >= 11 is 1.72. The lowest BCUT2D eigenvalue weighted by molar-refractivity contribution is 0.104. The molecule has 1 aromatic carbocycles. The van der Waals surface area contributed by atoms with Gasteiger partial charge in [0, 0.05) is 43.2 Å². The van der Waals surface area contributed by atoms with E-state index in [1.54, 1.807) is 23.5 Å². The highest BCUT2D eigenvalue weighted by atomic mass is 32.1. The fraction of sp³-hybridized carbons (Fsp3) is 0.471. The van der Waals surface area contributed by atoms with Gasteiger partial charge in [0.15, 0.2) is 0 Å². The van der Waals surface area contributed by atoms with E-state index in [-0.39, 0.29) is 0 Å². The van der Waals surface area contributed by atoms with Gasteiger partial charge in [0.2, 0.25) is 0 Å². The second-order valence-electron chi connectivity index (χ2n) is 6.08. The predicted octanol–water partition coefficient (Wildman–Crippen LogP) is 3.04. The molecule has 1 aliphatic rings. The van der Waals surface area contributed by atoms with Gasteiger partial charge in [-0.25, -0.2) is 4.98 Å². The molecule has 0 aliphatic carbocycles. The van der Waals surface area contributed by atoms with Crippen LogP contribution in [-0.4, -0.2) is 52.1 Å². The van der Waals surface area contributed by atoms with Crippen LogP contribution in [-0.2, 0) is 6.54 Å². The summed E-state index contributed by atoms with van der Waals surface area (Å²) in [4.78, 5) is 9.75. The number of piperazine rings is 1. The highest BCUT2D eigenvalue weighted by molar-refractivity contribution is 7.09. The summed E-state index contributed by atoms with van der Waals surface area (Å²) in [6.45, 7) is 10.00. The van der Waals surface area contributed by atoms with Crippen LogP contribution in [0.1, 0.15) is 18.9 Å². The monoisotopic (exact) mass is 317 g/mol. The van der Waals surface area contributed by atoms with Crippen LogP contribution in [0, 0.1) is 0 Å². The van der Waals surface area contributed by atoms with E-state index in [4.69, 9.17) is 4.98 Å². The van der Waals surface area contributed by atoms with Crippen molar-refractivity contribution in [2.24, 2.45) is 0 Å². The molecular weight excluding hydrogens is 294 g/mol. The molecule has 5 heteroatoms. The van der Waals surface area contributed by atoms with Crippen molar-refractivity contribution in [2.75, 3.05) is 26.2 Å². The number of phenols is 1. The molecule has 0 saturated carbocycles. The minimum atomic E-state index is 0.294. The minimum Gasteiger partial charge on any atom is -0.508 e. The van der Waals surface area contributed by atoms with Gasteiger partial charge in [0.25, 0.3) is 0 Å². The first-order chi connectivity index (χ1) is 10.6. The van der Waals surface area contributed by atoms with Gasteiger partial charge >= 0.3 is 0 Å². The molecule has 1 saturated heterocycles. The molecule has 0 unspecified atom stereocenters. The van der Waals surface area contributed by atoms with Crippen LogP contribution in [0.25, 0.3) is 11.3 Å². The smallest absolute Gasteiger partial charge is 0.115 e. The van der Waals surface area contributed by atoms with E-state index in [0.29, 0.717) is 11.8 Å². The molecule has 118 valence electrons. The summed E-state index contributed by atoms with van der Waals surface area (Å²) in [6.07, 6.45) is 0. The maximum atomic E-state index is 9.36. The number of aromatic hydroxyl groups is 1. The van der Waals surface area contributed by atoms with Gasteiger partial charge < -0.3 is 5.11 Å². The molecule has 1 N–H and O–H groups in total. The Morgan fingerprint density at radius 3 is 2.45 bits per heavy atom. The molecule has 0 atom stereocenters. The normalized spacial score (nSPS) is 17.2. The SMILES string of the molecule is CC(C)N1CCN(Cc2nc(-c3ccc(O)cc3)cs2)CC1. The molecule has 1 fully saturated rings. The quantitative estimate of drug-likeness (QED) is 0.941. The van der Waals surface area contributed by atoms with Gasteiger partial charge in [0.05, 0.1) is 12.2 Å². The number of aromatic nitrogens is 1. The summed E-state index contributed by atoms with van der Waals surface area (Å²) in [7, 11) is 0. The van der Waals surface area contributed by atoms with E-state index in [9.17, 15) is 5.11 Å². The number of benzene rings is 1. The standard InChI is InChI=1S/C17H23N3OS/c1-13(2)20-9-7-19(8-10-20)11-17-18-16(12-22-17)14-3-5-15(21)6-4-14/h3-6,12-13,21H,7-11H2,1-2H3. The lowest BCUT2D eigenvalue weighted by Crippen LogP contribution is -2.48. The topological polar surface area (TPSA) is 39.6 Å². The van der Waals surface area contributed by atoms with Gasteiger partial charge in [-0.15, -0.1) is 11.3 Å². The summed E-state index contributed by atoms with van der Waals surface area (Å²) in [5, 5.41) is 12.6. The predicted molar refractivity (Wildman–Crippen MR) is 91.2 cm³/mol. The maximum absolute atomic E-state index is 9.36.